The molecule has 7 nitrogen and oxygen atoms in total. The second-order valence-corrected chi connectivity index (χ2v) is 7.39. The zero-order valence-electron chi connectivity index (χ0n) is 14.3. The molecule has 0 saturated heterocycles. The maximum Gasteiger partial charge on any atom is 0.280 e. The number of primary sulfonamides is 1. The summed E-state index contributed by atoms with van der Waals surface area (Å²) in [4.78, 5) is 17.2. The van der Waals surface area contributed by atoms with E-state index in [1.54, 1.807) is 26.0 Å². The van der Waals surface area contributed by atoms with E-state index in [-0.39, 0.29) is 10.5 Å². The van der Waals surface area contributed by atoms with Gasteiger partial charge in [-0.3, -0.25) is 14.9 Å². The van der Waals surface area contributed by atoms with Gasteiger partial charge in [-0.15, -0.1) is 0 Å². The molecule has 0 aliphatic carbocycles. The molecule has 0 aliphatic heterocycles. The summed E-state index contributed by atoms with van der Waals surface area (Å²) in [5.41, 5.74) is 2.77. The van der Waals surface area contributed by atoms with Gasteiger partial charge in [0.25, 0.3) is 5.56 Å². The molecular weight excluding hydrogens is 352 g/mol. The minimum atomic E-state index is -3.75. The molecule has 0 unspecified atom stereocenters. The maximum atomic E-state index is 12.8. The molecule has 0 fully saturated rings. The highest BCUT2D eigenvalue weighted by Gasteiger charge is 2.15. The topological polar surface area (TPSA) is 110 Å². The Morgan fingerprint density at radius 3 is 2.27 bits per heavy atom. The van der Waals surface area contributed by atoms with Crippen LogP contribution in [0.3, 0.4) is 0 Å². The van der Waals surface area contributed by atoms with Crippen molar-refractivity contribution >= 4 is 21.4 Å². The smallest absolute Gasteiger partial charge is 0.280 e. The fourth-order valence-electron chi connectivity index (χ4n) is 2.69. The lowest BCUT2D eigenvalue weighted by Crippen LogP contribution is -2.19. The molecule has 134 valence electrons. The third-order valence-electron chi connectivity index (χ3n) is 3.91. The summed E-state index contributed by atoms with van der Waals surface area (Å²) in [7, 11) is -3.75. The predicted molar refractivity (Wildman–Crippen MR) is 101 cm³/mol. The van der Waals surface area contributed by atoms with Crippen LogP contribution in [0.5, 0.6) is 0 Å². The zero-order valence-corrected chi connectivity index (χ0v) is 15.1. The molecular formula is C18H18N4O3S. The highest BCUT2D eigenvalue weighted by atomic mass is 32.2. The highest BCUT2D eigenvalue weighted by molar-refractivity contribution is 7.89. The number of aliphatic imine (C=N–C) groups is 1. The average Bonchev–Trinajstić information content (AvgIpc) is 2.90. The first kappa shape index (κ1) is 17.8. The first-order valence-electron chi connectivity index (χ1n) is 7.83. The van der Waals surface area contributed by atoms with Gasteiger partial charge in [0.2, 0.25) is 10.0 Å². The SMILES string of the molecule is CC(=Nc1ccc(S(N)(=O)=O)cc1)c1c(C)[nH]n(-c2ccccc2)c1=O. The quantitative estimate of drug-likeness (QED) is 0.687. The van der Waals surface area contributed by atoms with E-state index in [2.05, 4.69) is 10.1 Å². The van der Waals surface area contributed by atoms with Crippen LogP contribution in [-0.4, -0.2) is 23.9 Å². The maximum absolute atomic E-state index is 12.8. The number of nitrogens with zero attached hydrogens (tertiary/aromatic N) is 2. The number of nitrogens with one attached hydrogen (secondary N) is 1. The van der Waals surface area contributed by atoms with Gasteiger partial charge in [0.1, 0.15) is 0 Å². The first-order chi connectivity index (χ1) is 12.3. The molecule has 0 bridgehead atoms. The van der Waals surface area contributed by atoms with Crippen LogP contribution in [0.4, 0.5) is 5.69 Å². The summed E-state index contributed by atoms with van der Waals surface area (Å²) in [6, 6.07) is 15.1. The lowest BCUT2D eigenvalue weighted by Gasteiger charge is -2.01. The van der Waals surface area contributed by atoms with Crippen molar-refractivity contribution in [3.63, 3.8) is 0 Å². The van der Waals surface area contributed by atoms with Crippen LogP contribution in [-0.2, 0) is 10.0 Å². The molecule has 2 aromatic carbocycles. The first-order valence-corrected chi connectivity index (χ1v) is 9.37. The normalized spacial score (nSPS) is 12.3. The monoisotopic (exact) mass is 370 g/mol. The molecule has 3 rings (SSSR count). The van der Waals surface area contributed by atoms with Gasteiger partial charge in [-0.1, -0.05) is 18.2 Å². The van der Waals surface area contributed by atoms with Gasteiger partial charge in [0.05, 0.1) is 27.5 Å². The van der Waals surface area contributed by atoms with Crippen LogP contribution in [0.15, 0.2) is 69.3 Å². The molecule has 0 saturated carbocycles. The van der Waals surface area contributed by atoms with Crippen molar-refractivity contribution in [1.29, 1.82) is 0 Å². The average molecular weight is 370 g/mol. The van der Waals surface area contributed by atoms with E-state index in [4.69, 9.17) is 5.14 Å². The number of aromatic amines is 1. The zero-order chi connectivity index (χ0) is 18.9. The van der Waals surface area contributed by atoms with Crippen molar-refractivity contribution < 1.29 is 8.42 Å². The van der Waals surface area contributed by atoms with Crippen molar-refractivity contribution in [2.75, 3.05) is 0 Å². The van der Waals surface area contributed by atoms with E-state index in [1.165, 1.54) is 16.8 Å². The molecule has 0 spiro atoms. The van der Waals surface area contributed by atoms with Gasteiger partial charge >= 0.3 is 0 Å². The summed E-state index contributed by atoms with van der Waals surface area (Å²) in [6.45, 7) is 3.54. The van der Waals surface area contributed by atoms with Crippen LogP contribution in [0.1, 0.15) is 18.2 Å². The number of H-pyrrole nitrogens is 1. The van der Waals surface area contributed by atoms with Crippen LogP contribution in [0.2, 0.25) is 0 Å². The minimum Gasteiger partial charge on any atom is -0.295 e. The fraction of sp³-hybridized carbons (Fsp3) is 0.111. The van der Waals surface area contributed by atoms with Gasteiger partial charge in [0.15, 0.2) is 0 Å². The van der Waals surface area contributed by atoms with E-state index < -0.39 is 10.0 Å². The van der Waals surface area contributed by atoms with Crippen LogP contribution >= 0.6 is 0 Å². The number of hydrogen-bond donors (Lipinski definition) is 2. The molecule has 1 aromatic heterocycles. The summed E-state index contributed by atoms with van der Waals surface area (Å²) < 4.78 is 24.1. The second-order valence-electron chi connectivity index (χ2n) is 5.82. The van der Waals surface area contributed by atoms with Crippen molar-refractivity contribution in [3.05, 3.63) is 76.2 Å². The van der Waals surface area contributed by atoms with E-state index in [0.717, 1.165) is 5.69 Å². The fourth-order valence-corrected chi connectivity index (χ4v) is 3.21. The van der Waals surface area contributed by atoms with Gasteiger partial charge in [-0.25, -0.2) is 18.2 Å². The van der Waals surface area contributed by atoms with Crippen LogP contribution in [0, 0.1) is 6.92 Å². The van der Waals surface area contributed by atoms with E-state index >= 15 is 0 Å². The Labute approximate surface area is 150 Å². The highest BCUT2D eigenvalue weighted by Crippen LogP contribution is 2.17. The predicted octanol–water partition coefficient (Wildman–Crippen LogP) is 2.26. The minimum absolute atomic E-state index is 0.0124. The lowest BCUT2D eigenvalue weighted by molar-refractivity contribution is 0.598. The Kier molecular flexibility index (Phi) is 4.62. The summed E-state index contributed by atoms with van der Waals surface area (Å²) in [5, 5.41) is 8.14. The number of sulfonamides is 1. The lowest BCUT2D eigenvalue weighted by atomic mass is 10.1. The van der Waals surface area contributed by atoms with Gasteiger partial charge in [-0.2, -0.15) is 0 Å². The molecule has 0 amide bonds. The summed E-state index contributed by atoms with van der Waals surface area (Å²) in [6.07, 6.45) is 0. The van der Waals surface area contributed by atoms with Gasteiger partial charge in [-0.05, 0) is 50.2 Å². The molecule has 0 atom stereocenters. The number of aromatic nitrogens is 2. The number of rotatable bonds is 4. The van der Waals surface area contributed by atoms with Crippen LogP contribution < -0.4 is 10.7 Å². The Morgan fingerprint density at radius 2 is 1.69 bits per heavy atom. The van der Waals surface area contributed by atoms with Crippen molar-refractivity contribution in [2.24, 2.45) is 10.1 Å². The van der Waals surface area contributed by atoms with Crippen molar-refractivity contribution in [1.82, 2.24) is 9.78 Å². The van der Waals surface area contributed by atoms with E-state index in [0.29, 0.717) is 22.7 Å². The van der Waals surface area contributed by atoms with Gasteiger partial charge < -0.3 is 0 Å². The summed E-state index contributed by atoms with van der Waals surface area (Å²) >= 11 is 0. The summed E-state index contributed by atoms with van der Waals surface area (Å²) in [5.74, 6) is 0. The van der Waals surface area contributed by atoms with Crippen LogP contribution in [0.25, 0.3) is 5.69 Å². The number of aryl methyl sites for hydroxylation is 1. The van der Waals surface area contributed by atoms with Gasteiger partial charge in [0, 0.05) is 5.69 Å². The number of hydrogen-bond acceptors (Lipinski definition) is 4. The molecule has 8 heteroatoms. The third kappa shape index (κ3) is 3.51. The Balaban J connectivity index is 2.00. The van der Waals surface area contributed by atoms with Crippen molar-refractivity contribution in [3.8, 4) is 5.69 Å². The molecule has 3 aromatic rings. The molecule has 3 N–H and O–H groups in total. The van der Waals surface area contributed by atoms with E-state index in [9.17, 15) is 13.2 Å². The standard InChI is InChI=1S/C18H18N4O3S/c1-12(20-14-8-10-16(11-9-14)26(19,24)25)17-13(2)21-22(18(17)23)15-6-4-3-5-7-15/h3-11,21H,1-2H3,(H2,19,24,25). The second kappa shape index (κ2) is 6.74. The van der Waals surface area contributed by atoms with Crippen molar-refractivity contribution in [2.45, 2.75) is 18.7 Å². The number of benzene rings is 2. The molecule has 1 heterocycles. The Hall–Kier alpha value is -2.97. The molecule has 0 radical (unpaired) electrons. The molecule has 0 aliphatic rings. The number of nitrogens with two attached hydrogens (primary N) is 1. The molecule has 26 heavy (non-hydrogen) atoms. The Bertz CT molecular complexity index is 1130. The van der Waals surface area contributed by atoms with E-state index in [1.807, 2.05) is 30.3 Å². The Morgan fingerprint density at radius 1 is 1.08 bits per heavy atom. The number of para-hydroxylation sites is 1. The largest absolute Gasteiger partial charge is 0.295 e. The third-order valence-corrected chi connectivity index (χ3v) is 4.84.